The number of hydrogen-bond donors (Lipinski definition) is 1. The van der Waals surface area contributed by atoms with Crippen molar-refractivity contribution < 1.29 is 9.53 Å². The van der Waals surface area contributed by atoms with Crippen LogP contribution in [0.25, 0.3) is 0 Å². The van der Waals surface area contributed by atoms with Crippen LogP contribution in [0.4, 0.5) is 0 Å². The molecule has 56 valence electrons. The van der Waals surface area contributed by atoms with Crippen LogP contribution in [-0.4, -0.2) is 18.7 Å². The first-order valence-corrected chi connectivity index (χ1v) is 3.77. The molecule has 2 aliphatic rings. The van der Waals surface area contributed by atoms with E-state index >= 15 is 0 Å². The molecule has 0 aromatic carbocycles. The van der Waals surface area contributed by atoms with Gasteiger partial charge in [-0.1, -0.05) is 0 Å². The Morgan fingerprint density at radius 2 is 2.50 bits per heavy atom. The molecule has 0 saturated carbocycles. The molecule has 2 heterocycles. The van der Waals surface area contributed by atoms with Gasteiger partial charge in [-0.15, -0.1) is 0 Å². The molecule has 1 amide bonds. The van der Waals surface area contributed by atoms with Crippen LogP contribution in [-0.2, 0) is 9.53 Å². The van der Waals surface area contributed by atoms with Crippen molar-refractivity contribution in [3.8, 4) is 0 Å². The zero-order valence-electron chi connectivity index (χ0n) is 5.80. The van der Waals surface area contributed by atoms with Crippen LogP contribution >= 0.6 is 0 Å². The predicted octanol–water partition coefficient (Wildman–Crippen LogP) is 0.259. The Morgan fingerprint density at radius 3 is 3.30 bits per heavy atom. The van der Waals surface area contributed by atoms with Crippen LogP contribution < -0.4 is 5.32 Å². The van der Waals surface area contributed by atoms with Crippen molar-refractivity contribution in [2.45, 2.75) is 25.5 Å². The van der Waals surface area contributed by atoms with Gasteiger partial charge in [0.25, 0.3) is 0 Å². The molecule has 2 rings (SSSR count). The van der Waals surface area contributed by atoms with Crippen LogP contribution in [0.15, 0.2) is 0 Å². The minimum Gasteiger partial charge on any atom is -0.358 e. The highest BCUT2D eigenvalue weighted by atomic mass is 16.5. The number of carbonyl (C=O) groups excluding carboxylic acids is 1. The lowest BCUT2D eigenvalue weighted by Crippen LogP contribution is -2.34. The fourth-order valence-corrected chi connectivity index (χ4v) is 1.67. The molecule has 2 saturated heterocycles. The first-order valence-electron chi connectivity index (χ1n) is 3.77. The summed E-state index contributed by atoms with van der Waals surface area (Å²) in [4.78, 5) is 10.8. The van der Waals surface area contributed by atoms with Gasteiger partial charge < -0.3 is 10.1 Å². The van der Waals surface area contributed by atoms with Crippen LogP contribution in [0.2, 0.25) is 0 Å². The maximum absolute atomic E-state index is 10.8. The molecule has 2 atom stereocenters. The van der Waals surface area contributed by atoms with Crippen molar-refractivity contribution in [2.24, 2.45) is 5.92 Å². The van der Waals surface area contributed by atoms with Crippen molar-refractivity contribution in [3.63, 3.8) is 0 Å². The molecule has 3 heteroatoms. The zero-order chi connectivity index (χ0) is 6.97. The van der Waals surface area contributed by atoms with E-state index in [0.29, 0.717) is 12.3 Å². The maximum Gasteiger partial charge on any atom is 0.222 e. The first-order chi connectivity index (χ1) is 4.86. The predicted molar refractivity (Wildman–Crippen MR) is 35.2 cm³/mol. The van der Waals surface area contributed by atoms with E-state index in [1.807, 2.05) is 0 Å². The highest BCUT2D eigenvalue weighted by molar-refractivity contribution is 5.78. The van der Waals surface area contributed by atoms with Crippen molar-refractivity contribution in [2.75, 3.05) is 6.61 Å². The van der Waals surface area contributed by atoms with Crippen molar-refractivity contribution >= 4 is 5.91 Å². The van der Waals surface area contributed by atoms with E-state index in [4.69, 9.17) is 4.74 Å². The molecule has 0 bridgehead atoms. The van der Waals surface area contributed by atoms with Crippen molar-refractivity contribution in [3.05, 3.63) is 0 Å². The van der Waals surface area contributed by atoms with E-state index in [9.17, 15) is 4.79 Å². The number of amides is 1. The average Bonchev–Trinajstić information content (AvgIpc) is 2.27. The molecule has 2 aliphatic heterocycles. The quantitative estimate of drug-likeness (QED) is 0.525. The van der Waals surface area contributed by atoms with E-state index in [0.717, 1.165) is 19.4 Å². The van der Waals surface area contributed by atoms with Crippen LogP contribution in [0.5, 0.6) is 0 Å². The fraction of sp³-hybridized carbons (Fsp3) is 0.857. The summed E-state index contributed by atoms with van der Waals surface area (Å²) in [7, 11) is 0. The summed E-state index contributed by atoms with van der Waals surface area (Å²) in [5.41, 5.74) is 0. The number of hydrogen-bond acceptors (Lipinski definition) is 2. The third kappa shape index (κ3) is 0.904. The molecule has 0 radical (unpaired) electrons. The number of fused-ring (bicyclic) bond motifs is 1. The molecule has 0 spiro atoms. The SMILES string of the molecule is O=C1CC2CCCOC2N1. The second kappa shape index (κ2) is 2.23. The molecule has 0 aromatic heterocycles. The van der Waals surface area contributed by atoms with Gasteiger partial charge in [-0.25, -0.2) is 0 Å². The number of carbonyl (C=O) groups is 1. The first kappa shape index (κ1) is 6.16. The summed E-state index contributed by atoms with van der Waals surface area (Å²) in [5.74, 6) is 0.609. The number of nitrogens with one attached hydrogen (secondary N) is 1. The third-order valence-electron chi connectivity index (χ3n) is 2.20. The molecular formula is C7H11NO2. The second-order valence-electron chi connectivity index (χ2n) is 2.97. The average molecular weight is 141 g/mol. The Kier molecular flexibility index (Phi) is 1.38. The van der Waals surface area contributed by atoms with Gasteiger partial charge >= 0.3 is 0 Å². The lowest BCUT2D eigenvalue weighted by atomic mass is 9.99. The highest BCUT2D eigenvalue weighted by Crippen LogP contribution is 2.26. The molecule has 1 N–H and O–H groups in total. The van der Waals surface area contributed by atoms with E-state index in [1.54, 1.807) is 0 Å². The summed E-state index contributed by atoms with van der Waals surface area (Å²) >= 11 is 0. The second-order valence-corrected chi connectivity index (χ2v) is 2.97. The topological polar surface area (TPSA) is 38.3 Å². The van der Waals surface area contributed by atoms with E-state index in [-0.39, 0.29) is 12.1 Å². The lowest BCUT2D eigenvalue weighted by Gasteiger charge is -2.24. The summed E-state index contributed by atoms with van der Waals surface area (Å²) in [6, 6.07) is 0. The van der Waals surface area contributed by atoms with Gasteiger partial charge in [0.15, 0.2) is 0 Å². The van der Waals surface area contributed by atoms with E-state index < -0.39 is 0 Å². The van der Waals surface area contributed by atoms with E-state index in [1.165, 1.54) is 0 Å². The molecule has 0 aliphatic carbocycles. The Balaban J connectivity index is 2.04. The number of ether oxygens (including phenoxy) is 1. The largest absolute Gasteiger partial charge is 0.358 e. The standard InChI is InChI=1S/C7H11NO2/c9-6-4-5-2-1-3-10-7(5)8-6/h5,7H,1-4H2,(H,8,9). The normalized spacial score (nSPS) is 39.0. The minimum atomic E-state index is 0.0428. The lowest BCUT2D eigenvalue weighted by molar-refractivity contribution is -0.120. The van der Waals surface area contributed by atoms with Gasteiger partial charge in [0, 0.05) is 18.9 Å². The molecule has 2 fully saturated rings. The van der Waals surface area contributed by atoms with Gasteiger partial charge in [0.2, 0.25) is 5.91 Å². The van der Waals surface area contributed by atoms with Crippen molar-refractivity contribution in [1.29, 1.82) is 0 Å². The minimum absolute atomic E-state index is 0.0428. The molecule has 2 unspecified atom stereocenters. The molecule has 10 heavy (non-hydrogen) atoms. The van der Waals surface area contributed by atoms with Crippen LogP contribution in [0.3, 0.4) is 0 Å². The summed E-state index contributed by atoms with van der Waals surface area (Å²) in [5, 5.41) is 2.79. The summed E-state index contributed by atoms with van der Waals surface area (Å²) in [6.07, 6.45) is 2.96. The highest BCUT2D eigenvalue weighted by Gasteiger charge is 2.34. The smallest absolute Gasteiger partial charge is 0.222 e. The van der Waals surface area contributed by atoms with Gasteiger partial charge in [-0.3, -0.25) is 4.79 Å². The monoisotopic (exact) mass is 141 g/mol. The Hall–Kier alpha value is -0.570. The van der Waals surface area contributed by atoms with Crippen molar-refractivity contribution in [1.82, 2.24) is 5.32 Å². The molecule has 3 nitrogen and oxygen atoms in total. The van der Waals surface area contributed by atoms with Gasteiger partial charge in [0.05, 0.1) is 0 Å². The number of rotatable bonds is 0. The zero-order valence-corrected chi connectivity index (χ0v) is 5.80. The van der Waals surface area contributed by atoms with Gasteiger partial charge in [-0.05, 0) is 12.8 Å². The molecule has 0 aromatic rings. The van der Waals surface area contributed by atoms with Gasteiger partial charge in [0.1, 0.15) is 6.23 Å². The van der Waals surface area contributed by atoms with Crippen LogP contribution in [0, 0.1) is 5.92 Å². The Bertz CT molecular complexity index is 142. The Labute approximate surface area is 59.7 Å². The summed E-state index contributed by atoms with van der Waals surface area (Å²) < 4.78 is 5.34. The molecular weight excluding hydrogens is 130 g/mol. The third-order valence-corrected chi connectivity index (χ3v) is 2.20. The van der Waals surface area contributed by atoms with E-state index in [2.05, 4.69) is 5.32 Å². The van der Waals surface area contributed by atoms with Crippen LogP contribution in [0.1, 0.15) is 19.3 Å². The van der Waals surface area contributed by atoms with Gasteiger partial charge in [-0.2, -0.15) is 0 Å². The fourth-order valence-electron chi connectivity index (χ4n) is 1.67. The maximum atomic E-state index is 10.8. The Morgan fingerprint density at radius 1 is 1.60 bits per heavy atom. The summed E-state index contributed by atoms with van der Waals surface area (Å²) in [6.45, 7) is 0.807.